The smallest absolute Gasteiger partial charge is 0.342 e. The Morgan fingerprint density at radius 2 is 1.72 bits per heavy atom. The van der Waals surface area contributed by atoms with E-state index in [1.54, 1.807) is 6.92 Å². The molecule has 0 aromatic carbocycles. The Labute approximate surface area is 146 Å². The number of hydrogen-bond acceptors (Lipinski definition) is 7. The Balaban J connectivity index is 2.30. The second-order valence-electron chi connectivity index (χ2n) is 5.93. The summed E-state index contributed by atoms with van der Waals surface area (Å²) in [4.78, 5) is 25.3. The minimum atomic E-state index is -3.96. The molecule has 1 aromatic rings. The number of carbonyl (C=O) groups excluding carboxylic acids is 2. The molecule has 1 amide bonds. The molecule has 10 heteroatoms. The number of aryl methyl sites for hydroxylation is 2. The molecule has 2 rings (SSSR count). The lowest BCUT2D eigenvalue weighted by Crippen LogP contribution is -2.53. The fourth-order valence-corrected chi connectivity index (χ4v) is 4.67. The predicted molar refractivity (Wildman–Crippen MR) is 88.5 cm³/mol. The van der Waals surface area contributed by atoms with Crippen LogP contribution in [0.3, 0.4) is 0 Å². The number of sulfonamides is 1. The second kappa shape index (κ2) is 7.14. The summed E-state index contributed by atoms with van der Waals surface area (Å²) in [6, 6.07) is -0.632. The highest BCUT2D eigenvalue weighted by molar-refractivity contribution is 7.89. The molecule has 1 unspecified atom stereocenters. The van der Waals surface area contributed by atoms with Gasteiger partial charge in [-0.3, -0.25) is 4.79 Å². The summed E-state index contributed by atoms with van der Waals surface area (Å²) in [6.07, 6.45) is 0. The zero-order valence-corrected chi connectivity index (χ0v) is 15.6. The topological polar surface area (TPSA) is 123 Å². The average molecular weight is 373 g/mol. The highest BCUT2D eigenvalue weighted by atomic mass is 32.2. The molecule has 140 valence electrons. The third kappa shape index (κ3) is 3.55. The molecule has 0 saturated carbocycles. The summed E-state index contributed by atoms with van der Waals surface area (Å²) in [5, 5.41) is 0. The highest BCUT2D eigenvalue weighted by Crippen LogP contribution is 2.30. The molecular weight excluding hydrogens is 350 g/mol. The van der Waals surface area contributed by atoms with E-state index in [4.69, 9.17) is 10.2 Å². The van der Waals surface area contributed by atoms with Crippen LogP contribution in [0.25, 0.3) is 0 Å². The Hall–Kier alpha value is -1.91. The van der Waals surface area contributed by atoms with Crippen molar-refractivity contribution in [1.29, 1.82) is 0 Å². The van der Waals surface area contributed by atoms with E-state index in [1.807, 2.05) is 0 Å². The van der Waals surface area contributed by atoms with Crippen molar-refractivity contribution in [3.8, 4) is 0 Å². The van der Waals surface area contributed by atoms with Crippen LogP contribution in [0.4, 0.5) is 0 Å². The van der Waals surface area contributed by atoms with Crippen LogP contribution in [0.15, 0.2) is 9.31 Å². The van der Waals surface area contributed by atoms with E-state index in [1.165, 1.54) is 30.2 Å². The van der Waals surface area contributed by atoms with Crippen molar-refractivity contribution in [2.45, 2.75) is 31.7 Å². The van der Waals surface area contributed by atoms with E-state index in [2.05, 4.69) is 4.74 Å². The minimum Gasteiger partial charge on any atom is -0.465 e. The Bertz CT molecular complexity index is 775. The third-order valence-electron chi connectivity index (χ3n) is 4.13. The van der Waals surface area contributed by atoms with Crippen molar-refractivity contribution in [3.63, 3.8) is 0 Å². The van der Waals surface area contributed by atoms with E-state index in [-0.39, 0.29) is 54.1 Å². The van der Waals surface area contributed by atoms with Gasteiger partial charge in [0.15, 0.2) is 0 Å². The maximum Gasteiger partial charge on any atom is 0.342 e. The number of nitrogens with zero attached hydrogens (tertiary/aromatic N) is 2. The molecule has 0 spiro atoms. The van der Waals surface area contributed by atoms with Gasteiger partial charge in [0.05, 0.1) is 13.2 Å². The Morgan fingerprint density at radius 3 is 2.20 bits per heavy atom. The molecule has 1 aromatic heterocycles. The van der Waals surface area contributed by atoms with Gasteiger partial charge in [0.2, 0.25) is 15.9 Å². The van der Waals surface area contributed by atoms with Crippen molar-refractivity contribution < 1.29 is 27.2 Å². The number of methoxy groups -OCH3 is 1. The minimum absolute atomic E-state index is 0.0888. The van der Waals surface area contributed by atoms with E-state index < -0.39 is 22.0 Å². The summed E-state index contributed by atoms with van der Waals surface area (Å²) >= 11 is 0. The summed E-state index contributed by atoms with van der Waals surface area (Å²) in [7, 11) is -2.78. The summed E-state index contributed by atoms with van der Waals surface area (Å²) < 4.78 is 37.3. The standard InChI is InChI=1S/C15H23N3O6S/c1-9(16)14(19)17-5-7-18(8-6-17)25(21,22)13-11(3)24-10(2)12(13)15(20)23-4/h9H,5-8,16H2,1-4H3. The van der Waals surface area contributed by atoms with Crippen LogP contribution in [0.1, 0.15) is 28.8 Å². The first-order valence-corrected chi connectivity index (χ1v) is 9.28. The predicted octanol–water partition coefficient (Wildman–Crippen LogP) is -0.137. The molecule has 0 radical (unpaired) electrons. The molecule has 2 heterocycles. The maximum atomic E-state index is 13.0. The molecule has 1 atom stereocenters. The van der Waals surface area contributed by atoms with Crippen molar-refractivity contribution in [3.05, 3.63) is 17.1 Å². The number of ether oxygens (including phenoxy) is 1. The average Bonchev–Trinajstić information content (AvgIpc) is 2.88. The van der Waals surface area contributed by atoms with E-state index in [0.29, 0.717) is 0 Å². The van der Waals surface area contributed by atoms with Gasteiger partial charge in [-0.1, -0.05) is 0 Å². The lowest BCUT2D eigenvalue weighted by molar-refractivity contribution is -0.133. The lowest BCUT2D eigenvalue weighted by Gasteiger charge is -2.34. The zero-order chi connectivity index (χ0) is 18.9. The van der Waals surface area contributed by atoms with Gasteiger partial charge >= 0.3 is 5.97 Å². The highest BCUT2D eigenvalue weighted by Gasteiger charge is 2.37. The number of piperazine rings is 1. The molecular formula is C15H23N3O6S. The largest absolute Gasteiger partial charge is 0.465 e. The van der Waals surface area contributed by atoms with Crippen LogP contribution in [-0.4, -0.2) is 68.8 Å². The monoisotopic (exact) mass is 373 g/mol. The molecule has 1 aliphatic heterocycles. The summed E-state index contributed by atoms with van der Waals surface area (Å²) in [5.41, 5.74) is 5.49. The van der Waals surface area contributed by atoms with Gasteiger partial charge in [-0.2, -0.15) is 4.31 Å². The van der Waals surface area contributed by atoms with Crippen LogP contribution in [0, 0.1) is 13.8 Å². The second-order valence-corrected chi connectivity index (χ2v) is 7.80. The molecule has 9 nitrogen and oxygen atoms in total. The maximum absolute atomic E-state index is 13.0. The quantitative estimate of drug-likeness (QED) is 0.729. The number of carbonyl (C=O) groups is 2. The van der Waals surface area contributed by atoms with Crippen LogP contribution in [0.5, 0.6) is 0 Å². The van der Waals surface area contributed by atoms with E-state index >= 15 is 0 Å². The van der Waals surface area contributed by atoms with Gasteiger partial charge in [0.1, 0.15) is 22.0 Å². The fraction of sp³-hybridized carbons (Fsp3) is 0.600. The molecule has 2 N–H and O–H groups in total. The van der Waals surface area contributed by atoms with Crippen molar-refractivity contribution in [2.75, 3.05) is 33.3 Å². The van der Waals surface area contributed by atoms with Crippen LogP contribution < -0.4 is 5.73 Å². The van der Waals surface area contributed by atoms with Gasteiger partial charge in [0, 0.05) is 26.2 Å². The first kappa shape index (κ1) is 19.4. The van der Waals surface area contributed by atoms with Gasteiger partial charge in [-0.05, 0) is 20.8 Å². The first-order chi connectivity index (χ1) is 11.6. The number of nitrogens with two attached hydrogens (primary N) is 1. The number of rotatable bonds is 4. The van der Waals surface area contributed by atoms with Crippen LogP contribution >= 0.6 is 0 Å². The number of amides is 1. The normalized spacial score (nSPS) is 17.4. The Kier molecular flexibility index (Phi) is 5.55. The summed E-state index contributed by atoms with van der Waals surface area (Å²) in [6.45, 7) is 5.30. The zero-order valence-electron chi connectivity index (χ0n) is 14.7. The summed E-state index contributed by atoms with van der Waals surface area (Å²) in [5.74, 6) is -0.665. The molecule has 0 bridgehead atoms. The van der Waals surface area contributed by atoms with E-state index in [0.717, 1.165) is 0 Å². The number of furan rings is 1. The SMILES string of the molecule is COC(=O)c1c(C)oc(C)c1S(=O)(=O)N1CCN(C(=O)C(C)N)CC1. The van der Waals surface area contributed by atoms with Gasteiger partial charge in [0.25, 0.3) is 0 Å². The molecule has 25 heavy (non-hydrogen) atoms. The third-order valence-corrected chi connectivity index (χ3v) is 6.18. The number of hydrogen-bond donors (Lipinski definition) is 1. The molecule has 1 fully saturated rings. The first-order valence-electron chi connectivity index (χ1n) is 7.84. The van der Waals surface area contributed by atoms with Crippen molar-refractivity contribution in [1.82, 2.24) is 9.21 Å². The van der Waals surface area contributed by atoms with Crippen LogP contribution in [-0.2, 0) is 19.6 Å². The van der Waals surface area contributed by atoms with E-state index in [9.17, 15) is 18.0 Å². The molecule has 0 aliphatic carbocycles. The number of esters is 1. The van der Waals surface area contributed by atoms with Gasteiger partial charge in [-0.15, -0.1) is 0 Å². The Morgan fingerprint density at radius 1 is 1.16 bits per heavy atom. The van der Waals surface area contributed by atoms with Crippen LogP contribution in [0.2, 0.25) is 0 Å². The van der Waals surface area contributed by atoms with Gasteiger partial charge < -0.3 is 19.8 Å². The fourth-order valence-electron chi connectivity index (χ4n) is 2.88. The van der Waals surface area contributed by atoms with Gasteiger partial charge in [-0.25, -0.2) is 13.2 Å². The molecule has 1 saturated heterocycles. The van der Waals surface area contributed by atoms with Crippen molar-refractivity contribution >= 4 is 21.9 Å². The van der Waals surface area contributed by atoms with Crippen molar-refractivity contribution in [2.24, 2.45) is 5.73 Å². The molecule has 1 aliphatic rings. The lowest BCUT2D eigenvalue weighted by atomic mass is 10.2.